The van der Waals surface area contributed by atoms with Gasteiger partial charge in [0.05, 0.1) is 0 Å². The Labute approximate surface area is 175 Å². The lowest BCUT2D eigenvalue weighted by Crippen LogP contribution is -1.90. The first kappa shape index (κ1) is 19.7. The number of unbranched alkanes of at least 4 members (excludes halogenated alkanes) is 6. The molecule has 0 amide bonds. The summed E-state index contributed by atoms with van der Waals surface area (Å²) in [6.07, 6.45) is 11.9. The largest absolute Gasteiger partial charge is 0.0616 e. The molecule has 0 aromatic heterocycles. The quantitative estimate of drug-likeness (QED) is 0.242. The summed E-state index contributed by atoms with van der Waals surface area (Å²) in [5.74, 6) is 0. The van der Waals surface area contributed by atoms with Gasteiger partial charge in [0.2, 0.25) is 0 Å². The highest BCUT2D eigenvalue weighted by Gasteiger charge is 2.02. The molecule has 148 valence electrons. The highest BCUT2D eigenvalue weighted by atomic mass is 14.1. The number of aryl methyl sites for hydroxylation is 2. The van der Waals surface area contributed by atoms with Crippen molar-refractivity contribution in [2.45, 2.75) is 57.8 Å². The molecule has 0 saturated heterocycles. The van der Waals surface area contributed by atoms with Crippen molar-refractivity contribution in [2.24, 2.45) is 0 Å². The van der Waals surface area contributed by atoms with Crippen molar-refractivity contribution in [1.82, 2.24) is 0 Å². The summed E-state index contributed by atoms with van der Waals surface area (Å²) in [5.41, 5.74) is 3.02. The van der Waals surface area contributed by atoms with Gasteiger partial charge >= 0.3 is 0 Å². The first-order chi connectivity index (χ1) is 14.4. The van der Waals surface area contributed by atoms with Crippen molar-refractivity contribution in [2.75, 3.05) is 0 Å². The van der Waals surface area contributed by atoms with Gasteiger partial charge in [0, 0.05) is 0 Å². The smallest absolute Gasteiger partial charge is 0.0152 e. The minimum Gasteiger partial charge on any atom is -0.0616 e. The van der Waals surface area contributed by atoms with Crippen molar-refractivity contribution in [1.29, 1.82) is 0 Å². The Morgan fingerprint density at radius 2 is 0.724 bits per heavy atom. The highest BCUT2D eigenvalue weighted by Crippen LogP contribution is 2.22. The number of hydrogen-bond donors (Lipinski definition) is 0. The molecule has 0 spiro atoms. The van der Waals surface area contributed by atoms with Gasteiger partial charge in [-0.15, -0.1) is 0 Å². The number of rotatable bonds is 10. The Bertz CT molecular complexity index is 948. The van der Waals surface area contributed by atoms with E-state index < -0.39 is 0 Å². The maximum absolute atomic E-state index is 2.30. The lowest BCUT2D eigenvalue weighted by molar-refractivity contribution is 0.580. The van der Waals surface area contributed by atoms with E-state index in [1.165, 1.54) is 90.5 Å². The Morgan fingerprint density at radius 3 is 1.21 bits per heavy atom. The lowest BCUT2D eigenvalue weighted by Gasteiger charge is -2.07. The molecule has 0 heterocycles. The summed E-state index contributed by atoms with van der Waals surface area (Å²) in [5, 5.41) is 5.61. The van der Waals surface area contributed by atoms with Crippen LogP contribution < -0.4 is 0 Å². The number of hydrogen-bond acceptors (Lipinski definition) is 0. The zero-order valence-electron chi connectivity index (χ0n) is 17.4. The van der Waals surface area contributed by atoms with Gasteiger partial charge in [-0.1, -0.05) is 117 Å². The predicted octanol–water partition coefficient (Wildman–Crippen LogP) is 8.51. The van der Waals surface area contributed by atoms with E-state index >= 15 is 0 Å². The molecule has 4 aromatic carbocycles. The highest BCUT2D eigenvalue weighted by molar-refractivity contribution is 5.86. The van der Waals surface area contributed by atoms with Crippen LogP contribution in [0.4, 0.5) is 0 Å². The monoisotopic (exact) mass is 380 g/mol. The number of fused-ring (bicyclic) bond motifs is 2. The zero-order valence-corrected chi connectivity index (χ0v) is 17.4. The third-order valence-electron chi connectivity index (χ3n) is 6.15. The molecule has 0 saturated carbocycles. The third kappa shape index (κ3) is 5.26. The summed E-state index contributed by atoms with van der Waals surface area (Å²) in [7, 11) is 0. The van der Waals surface area contributed by atoms with Gasteiger partial charge < -0.3 is 0 Å². The third-order valence-corrected chi connectivity index (χ3v) is 6.15. The maximum atomic E-state index is 2.30. The van der Waals surface area contributed by atoms with Gasteiger partial charge in [-0.2, -0.15) is 0 Å². The fourth-order valence-corrected chi connectivity index (χ4v) is 4.54. The lowest BCUT2D eigenvalue weighted by atomic mass is 9.98. The van der Waals surface area contributed by atoms with Crippen LogP contribution in [-0.2, 0) is 12.8 Å². The van der Waals surface area contributed by atoms with E-state index in [4.69, 9.17) is 0 Å². The van der Waals surface area contributed by atoms with Crippen LogP contribution in [0.2, 0.25) is 0 Å². The standard InChI is InChI=1S/C29H32/c1(2-4-6-14-24-18-12-20-26-16-8-10-22-28(24)26)3-5-7-15-25-19-13-21-27-17-9-11-23-29(25)27/h8-13,16-23H,1-7,14-15H2. The first-order valence-corrected chi connectivity index (χ1v) is 11.3. The van der Waals surface area contributed by atoms with Crippen molar-refractivity contribution in [3.8, 4) is 0 Å². The molecule has 0 unspecified atom stereocenters. The molecule has 0 nitrogen and oxygen atoms in total. The Hall–Kier alpha value is -2.60. The average Bonchev–Trinajstić information content (AvgIpc) is 2.78. The van der Waals surface area contributed by atoms with E-state index in [0.717, 1.165) is 0 Å². The second-order valence-corrected chi connectivity index (χ2v) is 8.25. The molecule has 0 radical (unpaired) electrons. The maximum Gasteiger partial charge on any atom is -0.0152 e. The molecule has 0 heteroatoms. The molecule has 0 aliphatic heterocycles. The summed E-state index contributed by atoms with van der Waals surface area (Å²) >= 11 is 0. The molecule has 0 fully saturated rings. The van der Waals surface area contributed by atoms with Gasteiger partial charge in [0.15, 0.2) is 0 Å². The minimum absolute atomic E-state index is 1.21. The van der Waals surface area contributed by atoms with Gasteiger partial charge in [-0.25, -0.2) is 0 Å². The van der Waals surface area contributed by atoms with Gasteiger partial charge in [-0.3, -0.25) is 0 Å². The second kappa shape index (κ2) is 10.3. The van der Waals surface area contributed by atoms with Crippen molar-refractivity contribution < 1.29 is 0 Å². The first-order valence-electron chi connectivity index (χ1n) is 11.3. The topological polar surface area (TPSA) is 0 Å². The van der Waals surface area contributed by atoms with E-state index in [2.05, 4.69) is 84.9 Å². The van der Waals surface area contributed by atoms with Crippen LogP contribution in [0.15, 0.2) is 84.9 Å². The fourth-order valence-electron chi connectivity index (χ4n) is 4.54. The van der Waals surface area contributed by atoms with Crippen molar-refractivity contribution >= 4 is 21.5 Å². The molecule has 0 aliphatic carbocycles. The normalized spacial score (nSPS) is 11.3. The molecule has 0 aliphatic rings. The molecule has 0 bridgehead atoms. The second-order valence-electron chi connectivity index (χ2n) is 8.25. The fraction of sp³-hybridized carbons (Fsp3) is 0.310. The average molecular weight is 381 g/mol. The molecular formula is C29H32. The van der Waals surface area contributed by atoms with Crippen LogP contribution in [0.3, 0.4) is 0 Å². The summed E-state index contributed by atoms with van der Waals surface area (Å²) in [6, 6.07) is 31.0. The Morgan fingerprint density at radius 1 is 0.345 bits per heavy atom. The molecule has 4 aromatic rings. The Balaban J connectivity index is 1.12. The predicted molar refractivity (Wildman–Crippen MR) is 128 cm³/mol. The molecular weight excluding hydrogens is 348 g/mol. The van der Waals surface area contributed by atoms with Crippen molar-refractivity contribution in [3.05, 3.63) is 96.1 Å². The van der Waals surface area contributed by atoms with Gasteiger partial charge in [-0.05, 0) is 58.4 Å². The van der Waals surface area contributed by atoms with Crippen LogP contribution >= 0.6 is 0 Å². The van der Waals surface area contributed by atoms with Crippen LogP contribution in [0.1, 0.15) is 56.1 Å². The van der Waals surface area contributed by atoms with Gasteiger partial charge in [0.1, 0.15) is 0 Å². The zero-order chi connectivity index (χ0) is 19.7. The Kier molecular flexibility index (Phi) is 6.97. The van der Waals surface area contributed by atoms with Crippen LogP contribution in [0, 0.1) is 0 Å². The van der Waals surface area contributed by atoms with Gasteiger partial charge in [0.25, 0.3) is 0 Å². The SMILES string of the molecule is c1ccc2c(CCCCCCCCCc3cccc4ccccc34)cccc2c1. The van der Waals surface area contributed by atoms with E-state index in [1.54, 1.807) is 0 Å². The van der Waals surface area contributed by atoms with E-state index in [1.807, 2.05) is 0 Å². The van der Waals surface area contributed by atoms with E-state index in [9.17, 15) is 0 Å². The minimum atomic E-state index is 1.21. The molecule has 0 atom stereocenters. The van der Waals surface area contributed by atoms with Crippen LogP contribution in [0.25, 0.3) is 21.5 Å². The summed E-state index contributed by atoms with van der Waals surface area (Å²) < 4.78 is 0. The van der Waals surface area contributed by atoms with E-state index in [-0.39, 0.29) is 0 Å². The van der Waals surface area contributed by atoms with Crippen LogP contribution in [0.5, 0.6) is 0 Å². The molecule has 0 N–H and O–H groups in total. The summed E-state index contributed by atoms with van der Waals surface area (Å²) in [4.78, 5) is 0. The molecule has 4 rings (SSSR count). The van der Waals surface area contributed by atoms with Crippen LogP contribution in [-0.4, -0.2) is 0 Å². The summed E-state index contributed by atoms with van der Waals surface area (Å²) in [6.45, 7) is 0. The van der Waals surface area contributed by atoms with E-state index in [0.29, 0.717) is 0 Å². The molecule has 29 heavy (non-hydrogen) atoms. The van der Waals surface area contributed by atoms with Crippen molar-refractivity contribution in [3.63, 3.8) is 0 Å². The number of benzene rings is 4.